The van der Waals surface area contributed by atoms with Crippen molar-refractivity contribution in [3.05, 3.63) is 108 Å². The summed E-state index contributed by atoms with van der Waals surface area (Å²) in [5.41, 5.74) is 15.8. The summed E-state index contributed by atoms with van der Waals surface area (Å²) in [6.07, 6.45) is 14.4. The highest BCUT2D eigenvalue weighted by molar-refractivity contribution is 5.89. The van der Waals surface area contributed by atoms with Gasteiger partial charge in [-0.05, 0) is 59.4 Å². The first kappa shape index (κ1) is 25.5. The minimum Gasteiger partial charge on any atom is -0.398 e. The Balaban J connectivity index is 1.34. The lowest BCUT2D eigenvalue weighted by Crippen LogP contribution is -2.24. The maximum Gasteiger partial charge on any atom is 0.261 e. The van der Waals surface area contributed by atoms with E-state index in [0.29, 0.717) is 30.0 Å². The molecule has 3 heterocycles. The predicted octanol–water partition coefficient (Wildman–Crippen LogP) is 6.86. The third-order valence-corrected chi connectivity index (χ3v) is 7.11. The van der Waals surface area contributed by atoms with Gasteiger partial charge in [-0.3, -0.25) is 14.9 Å². The molecule has 7 heteroatoms. The Hall–Kier alpha value is -4.10. The Labute approximate surface area is 222 Å². The number of halogens is 2. The topological polar surface area (TPSA) is 67.1 Å². The van der Waals surface area contributed by atoms with Crippen LogP contribution in [-0.4, -0.2) is 33.9 Å². The fraction of sp³-hybridized carbons (Fsp3) is 0.226. The van der Waals surface area contributed by atoms with Crippen LogP contribution in [0.4, 0.5) is 20.2 Å². The van der Waals surface area contributed by atoms with E-state index in [2.05, 4.69) is 53.6 Å². The molecule has 0 atom stereocenters. The number of nitrogen functional groups attached to an aromatic ring is 1. The quantitative estimate of drug-likeness (QED) is 0.256. The van der Waals surface area contributed by atoms with Crippen molar-refractivity contribution in [1.29, 1.82) is 0 Å². The Kier molecular flexibility index (Phi) is 6.95. The summed E-state index contributed by atoms with van der Waals surface area (Å²) in [7, 11) is 0. The number of nitrogens with zero attached hydrogens (tertiary/aromatic N) is 3. The Morgan fingerprint density at radius 2 is 1.92 bits per heavy atom. The van der Waals surface area contributed by atoms with Gasteiger partial charge >= 0.3 is 0 Å². The number of rotatable bonds is 8. The Morgan fingerprint density at radius 3 is 2.66 bits per heavy atom. The van der Waals surface area contributed by atoms with Crippen LogP contribution >= 0.6 is 0 Å². The number of likely N-dealkylation sites (tertiary alicyclic amines) is 1. The molecule has 1 fully saturated rings. The molecule has 5 nitrogen and oxygen atoms in total. The van der Waals surface area contributed by atoms with Gasteiger partial charge in [-0.25, -0.2) is 8.78 Å². The fourth-order valence-electron chi connectivity index (χ4n) is 4.93. The summed E-state index contributed by atoms with van der Waals surface area (Å²) in [5, 5.41) is 3.37. The largest absolute Gasteiger partial charge is 0.398 e. The molecule has 1 aliphatic carbocycles. The average molecular weight is 512 g/mol. The first-order chi connectivity index (χ1) is 18.2. The molecule has 1 aromatic carbocycles. The van der Waals surface area contributed by atoms with E-state index in [-0.39, 0.29) is 13.0 Å². The predicted molar refractivity (Wildman–Crippen MR) is 151 cm³/mol. The van der Waals surface area contributed by atoms with Crippen molar-refractivity contribution >= 4 is 22.5 Å². The lowest BCUT2D eigenvalue weighted by Gasteiger charge is -2.18. The summed E-state index contributed by atoms with van der Waals surface area (Å²) in [6, 6.07) is 7.71. The zero-order valence-electron chi connectivity index (χ0n) is 21.5. The average Bonchev–Trinajstić information content (AvgIpc) is 3.55. The minimum atomic E-state index is -2.62. The number of hydrogen-bond donors (Lipinski definition) is 2. The molecule has 0 spiro atoms. The van der Waals surface area contributed by atoms with Gasteiger partial charge in [0, 0.05) is 66.2 Å². The van der Waals surface area contributed by atoms with E-state index in [1.54, 1.807) is 23.5 Å². The SMILES string of the molecule is C=C(Nc1cncc(C2=CCC=C2)c1C)C(=C)c1cc(-c2cncc(CN3CCC(F)(F)C3)c2)ccc1N. The standard InChI is InChI=1S/C31H31F2N5/c1-20(22(3)37-30-17-36-16-28(21(30)2)24-6-4-5-7-24)27-13-25(8-9-29(27)34)26-12-23(14-35-15-26)18-38-11-10-31(32,33)19-38/h4,6-9,12-17,37H,1,3,5,10-11,18-19,34H2,2H3. The zero-order valence-corrected chi connectivity index (χ0v) is 21.5. The maximum atomic E-state index is 13.6. The van der Waals surface area contributed by atoms with Crippen LogP contribution in [0.15, 0.2) is 86.1 Å². The number of benzene rings is 1. The number of nitrogens with one attached hydrogen (secondary N) is 1. The molecule has 0 unspecified atom stereocenters. The van der Waals surface area contributed by atoms with E-state index in [9.17, 15) is 8.78 Å². The van der Waals surface area contributed by atoms with Crippen molar-refractivity contribution in [2.45, 2.75) is 32.2 Å². The summed E-state index contributed by atoms with van der Waals surface area (Å²) < 4.78 is 27.2. The summed E-state index contributed by atoms with van der Waals surface area (Å²) >= 11 is 0. The van der Waals surface area contributed by atoms with Crippen LogP contribution in [0.25, 0.3) is 22.3 Å². The number of nitrogens with two attached hydrogens (primary N) is 1. The molecule has 3 aromatic rings. The second-order valence-electron chi connectivity index (χ2n) is 9.94. The van der Waals surface area contributed by atoms with Crippen LogP contribution < -0.4 is 11.1 Å². The Morgan fingerprint density at radius 1 is 1.11 bits per heavy atom. The molecule has 2 aromatic heterocycles. The van der Waals surface area contributed by atoms with E-state index >= 15 is 0 Å². The zero-order chi connectivity index (χ0) is 26.9. The van der Waals surface area contributed by atoms with Crippen molar-refractivity contribution in [3.8, 4) is 11.1 Å². The second kappa shape index (κ2) is 10.3. The first-order valence-electron chi connectivity index (χ1n) is 12.6. The highest BCUT2D eigenvalue weighted by Gasteiger charge is 2.37. The molecule has 1 saturated heterocycles. The van der Waals surface area contributed by atoms with Gasteiger partial charge in [-0.1, -0.05) is 37.5 Å². The van der Waals surface area contributed by atoms with Crippen molar-refractivity contribution in [2.75, 3.05) is 24.1 Å². The van der Waals surface area contributed by atoms with Gasteiger partial charge in [-0.2, -0.15) is 0 Å². The highest BCUT2D eigenvalue weighted by atomic mass is 19.3. The third kappa shape index (κ3) is 5.43. The number of aromatic nitrogens is 2. The molecule has 0 amide bonds. The van der Waals surface area contributed by atoms with E-state index in [4.69, 9.17) is 5.73 Å². The summed E-state index contributed by atoms with van der Waals surface area (Å²) in [5.74, 6) is -2.62. The minimum absolute atomic E-state index is 0.101. The van der Waals surface area contributed by atoms with Crippen LogP contribution in [0.2, 0.25) is 0 Å². The first-order valence-corrected chi connectivity index (χ1v) is 12.6. The maximum absolute atomic E-state index is 13.6. The molecule has 194 valence electrons. The molecular weight excluding hydrogens is 480 g/mol. The number of hydrogen-bond acceptors (Lipinski definition) is 5. The highest BCUT2D eigenvalue weighted by Crippen LogP contribution is 2.34. The number of alkyl halides is 2. The summed E-state index contributed by atoms with van der Waals surface area (Å²) in [6.45, 7) is 11.1. The smallest absolute Gasteiger partial charge is 0.261 e. The second-order valence-corrected chi connectivity index (χ2v) is 9.94. The lowest BCUT2D eigenvalue weighted by molar-refractivity contribution is 0.0115. The van der Waals surface area contributed by atoms with Crippen LogP contribution in [-0.2, 0) is 6.54 Å². The molecule has 5 rings (SSSR count). The van der Waals surface area contributed by atoms with Gasteiger partial charge < -0.3 is 11.1 Å². The van der Waals surface area contributed by atoms with Crippen molar-refractivity contribution in [3.63, 3.8) is 0 Å². The molecular formula is C31H31F2N5. The van der Waals surface area contributed by atoms with E-state index in [0.717, 1.165) is 51.1 Å². The molecule has 2 aliphatic rings. The number of pyridine rings is 2. The monoisotopic (exact) mass is 511 g/mol. The molecule has 0 saturated carbocycles. The molecule has 0 radical (unpaired) electrons. The number of anilines is 2. The van der Waals surface area contributed by atoms with Gasteiger partial charge in [-0.15, -0.1) is 0 Å². The van der Waals surface area contributed by atoms with Crippen LogP contribution in [0.1, 0.15) is 35.1 Å². The van der Waals surface area contributed by atoms with Gasteiger partial charge in [0.15, 0.2) is 0 Å². The number of allylic oxidation sites excluding steroid dienone is 5. The van der Waals surface area contributed by atoms with Gasteiger partial charge in [0.2, 0.25) is 0 Å². The van der Waals surface area contributed by atoms with Crippen LogP contribution in [0.5, 0.6) is 0 Å². The van der Waals surface area contributed by atoms with Gasteiger partial charge in [0.25, 0.3) is 5.92 Å². The summed E-state index contributed by atoms with van der Waals surface area (Å²) in [4.78, 5) is 10.5. The van der Waals surface area contributed by atoms with E-state index < -0.39 is 5.92 Å². The normalized spacial score (nSPS) is 16.4. The van der Waals surface area contributed by atoms with Gasteiger partial charge in [0.1, 0.15) is 0 Å². The molecule has 3 N–H and O–H groups in total. The van der Waals surface area contributed by atoms with Crippen molar-refractivity contribution < 1.29 is 8.78 Å². The van der Waals surface area contributed by atoms with Crippen molar-refractivity contribution in [1.82, 2.24) is 14.9 Å². The van der Waals surface area contributed by atoms with Crippen LogP contribution in [0, 0.1) is 6.92 Å². The van der Waals surface area contributed by atoms with E-state index in [1.807, 2.05) is 30.5 Å². The third-order valence-electron chi connectivity index (χ3n) is 7.11. The van der Waals surface area contributed by atoms with Crippen LogP contribution in [0.3, 0.4) is 0 Å². The Bertz CT molecular complexity index is 1470. The molecule has 1 aliphatic heterocycles. The molecule has 0 bridgehead atoms. The van der Waals surface area contributed by atoms with Gasteiger partial charge in [0.05, 0.1) is 18.4 Å². The fourth-order valence-corrected chi connectivity index (χ4v) is 4.93. The molecule has 38 heavy (non-hydrogen) atoms. The van der Waals surface area contributed by atoms with Crippen molar-refractivity contribution in [2.24, 2.45) is 0 Å². The lowest BCUT2D eigenvalue weighted by atomic mass is 9.96. The van der Waals surface area contributed by atoms with E-state index in [1.165, 1.54) is 0 Å².